The lowest BCUT2D eigenvalue weighted by atomic mass is 9.80. The molecule has 5 aromatic rings. The smallest absolute Gasteiger partial charge is 0.497 e. The van der Waals surface area contributed by atoms with Crippen LogP contribution in [0.25, 0.3) is 0 Å². The van der Waals surface area contributed by atoms with Gasteiger partial charge >= 0.3 is 13.9 Å². The molecule has 1 aliphatic rings. The number of methoxy groups -OCH3 is 2. The molecule has 1 fully saturated rings. The van der Waals surface area contributed by atoms with E-state index in [4.69, 9.17) is 51.2 Å². The summed E-state index contributed by atoms with van der Waals surface area (Å²) in [5, 5.41) is 0.525. The van der Waals surface area contributed by atoms with Crippen LogP contribution in [-0.2, 0) is 24.2 Å². The molecule has 0 radical (unpaired) electrons. The van der Waals surface area contributed by atoms with Gasteiger partial charge in [-0.15, -0.1) is 4.52 Å². The molecule has 0 bridgehead atoms. The molecule has 1 saturated heterocycles. The predicted octanol–water partition coefficient (Wildman–Crippen LogP) is 7.59. The van der Waals surface area contributed by atoms with Gasteiger partial charge in [-0.3, -0.25) is 14.3 Å². The van der Waals surface area contributed by atoms with Crippen molar-refractivity contribution in [2.24, 2.45) is 0 Å². The van der Waals surface area contributed by atoms with E-state index < -0.39 is 43.5 Å². The molecule has 0 saturated carbocycles. The van der Waals surface area contributed by atoms with Crippen molar-refractivity contribution < 1.29 is 32.6 Å². The second kappa shape index (κ2) is 15.8. The van der Waals surface area contributed by atoms with Gasteiger partial charge in [-0.25, -0.2) is 9.32 Å². The fourth-order valence-electron chi connectivity index (χ4n) is 5.97. The quantitative estimate of drug-likeness (QED) is 0.0957. The van der Waals surface area contributed by atoms with E-state index in [0.717, 1.165) is 16.7 Å². The standard InChI is InChI=1S/C37H33Cl2N2O9P/c1-23-21-41(36(43)40-35(23)42)34-20-32(50-51(44)49-29-17-18-30(38)31(39)19-29)33(48-34)22-47-37(24-7-5-4-6-8-24,25-9-13-27(45-2)14-10-25)26-11-15-28(46-3)16-12-26/h4-19,21,32-34H,20,22H2,1-3H3/p+1/t32-,33+,34+/m0/s1. The first kappa shape index (κ1) is 36.3. The molecule has 1 N–H and O–H groups in total. The molecule has 1 unspecified atom stereocenters. The zero-order valence-electron chi connectivity index (χ0n) is 27.8. The van der Waals surface area contributed by atoms with Crippen LogP contribution in [0.4, 0.5) is 0 Å². The van der Waals surface area contributed by atoms with Crippen LogP contribution in [0.1, 0.15) is 34.9 Å². The summed E-state index contributed by atoms with van der Waals surface area (Å²) in [7, 11) is 0.426. The SMILES string of the molecule is COc1ccc(C(OC[C@H]2O[C@@H](n3cc(C)c(=O)[nH]c3=O)C[C@@H]2O[P+](=O)Oc2ccc(Cl)c(Cl)c2)(c2ccccc2)c2ccc(OC)cc2)cc1. The van der Waals surface area contributed by atoms with Gasteiger partial charge in [0.2, 0.25) is 0 Å². The van der Waals surface area contributed by atoms with Crippen LogP contribution in [0.15, 0.2) is 113 Å². The Hall–Kier alpha value is -4.48. The molecule has 2 heterocycles. The van der Waals surface area contributed by atoms with E-state index in [0.29, 0.717) is 22.1 Å². The summed E-state index contributed by atoms with van der Waals surface area (Å²) in [6.45, 7) is 1.49. The lowest BCUT2D eigenvalue weighted by molar-refractivity contribution is -0.0916. The Kier molecular flexibility index (Phi) is 11.3. The lowest BCUT2D eigenvalue weighted by Crippen LogP contribution is -2.38. The van der Waals surface area contributed by atoms with Crippen molar-refractivity contribution in [3.63, 3.8) is 0 Å². The van der Waals surface area contributed by atoms with E-state index in [2.05, 4.69) is 4.98 Å². The average molecular weight is 753 g/mol. The van der Waals surface area contributed by atoms with Gasteiger partial charge in [-0.05, 0) is 60.0 Å². The number of nitrogens with one attached hydrogen (secondary N) is 1. The molecule has 0 aliphatic carbocycles. The summed E-state index contributed by atoms with van der Waals surface area (Å²) < 4.78 is 50.5. The summed E-state index contributed by atoms with van der Waals surface area (Å²) in [5.41, 5.74) is 0.325. The van der Waals surface area contributed by atoms with E-state index in [1.807, 2.05) is 78.9 Å². The molecule has 4 aromatic carbocycles. The van der Waals surface area contributed by atoms with Crippen molar-refractivity contribution in [3.05, 3.63) is 156 Å². The first-order chi connectivity index (χ1) is 24.6. The first-order valence-electron chi connectivity index (χ1n) is 15.8. The molecule has 1 aromatic heterocycles. The summed E-state index contributed by atoms with van der Waals surface area (Å²) in [6.07, 6.45) is -1.16. The van der Waals surface area contributed by atoms with Crippen molar-refractivity contribution in [3.8, 4) is 17.2 Å². The minimum absolute atomic E-state index is 0.0780. The molecule has 14 heteroatoms. The lowest BCUT2D eigenvalue weighted by Gasteiger charge is -2.37. The molecular weight excluding hydrogens is 718 g/mol. The van der Waals surface area contributed by atoms with Crippen molar-refractivity contribution >= 4 is 31.5 Å². The molecule has 51 heavy (non-hydrogen) atoms. The maximum absolute atomic E-state index is 13.3. The minimum Gasteiger partial charge on any atom is -0.497 e. The van der Waals surface area contributed by atoms with Crippen LogP contribution in [0.5, 0.6) is 17.2 Å². The maximum atomic E-state index is 13.3. The van der Waals surface area contributed by atoms with E-state index in [-0.39, 0.29) is 23.8 Å². The van der Waals surface area contributed by atoms with Crippen molar-refractivity contribution in [1.82, 2.24) is 9.55 Å². The molecule has 11 nitrogen and oxygen atoms in total. The fraction of sp³-hybridized carbons (Fsp3) is 0.243. The third-order valence-electron chi connectivity index (χ3n) is 8.57. The number of aromatic nitrogens is 2. The number of hydrogen-bond donors (Lipinski definition) is 1. The Morgan fingerprint density at radius 2 is 1.43 bits per heavy atom. The van der Waals surface area contributed by atoms with Crippen LogP contribution < -0.4 is 25.2 Å². The molecule has 0 amide bonds. The van der Waals surface area contributed by atoms with Gasteiger partial charge in [0.05, 0.1) is 30.9 Å². The third kappa shape index (κ3) is 7.89. The highest BCUT2D eigenvalue weighted by Crippen LogP contribution is 2.44. The molecule has 0 spiro atoms. The summed E-state index contributed by atoms with van der Waals surface area (Å²) in [4.78, 5) is 27.4. The monoisotopic (exact) mass is 751 g/mol. The minimum atomic E-state index is -2.77. The van der Waals surface area contributed by atoms with E-state index in [1.165, 1.54) is 29.0 Å². The van der Waals surface area contributed by atoms with E-state index in [1.54, 1.807) is 21.1 Å². The van der Waals surface area contributed by atoms with Crippen molar-refractivity contribution in [2.75, 3.05) is 20.8 Å². The molecule has 6 rings (SSSR count). The third-order valence-corrected chi connectivity index (χ3v) is 10.1. The number of H-pyrrole nitrogens is 1. The fourth-order valence-corrected chi connectivity index (χ4v) is 7.03. The number of ether oxygens (including phenoxy) is 4. The van der Waals surface area contributed by atoms with Crippen molar-refractivity contribution in [1.29, 1.82) is 0 Å². The zero-order valence-corrected chi connectivity index (χ0v) is 30.2. The predicted molar refractivity (Wildman–Crippen MR) is 192 cm³/mol. The van der Waals surface area contributed by atoms with Crippen molar-refractivity contribution in [2.45, 2.75) is 37.4 Å². The van der Waals surface area contributed by atoms with Crippen LogP contribution >= 0.6 is 31.5 Å². The topological polar surface area (TPSA) is 127 Å². The highest BCUT2D eigenvalue weighted by atomic mass is 35.5. The second-order valence-electron chi connectivity index (χ2n) is 11.7. The molecular formula is C37H34Cl2N2O9P+. The van der Waals surface area contributed by atoms with Gasteiger partial charge in [0.15, 0.2) is 5.75 Å². The van der Waals surface area contributed by atoms with Gasteiger partial charge in [0, 0.05) is 28.8 Å². The number of aryl methyl sites for hydroxylation is 1. The maximum Gasteiger partial charge on any atom is 0.750 e. The van der Waals surface area contributed by atoms with Gasteiger partial charge in [-0.1, -0.05) is 77.8 Å². The summed E-state index contributed by atoms with van der Waals surface area (Å²) >= 11 is 12.2. The Balaban J connectivity index is 1.38. The van der Waals surface area contributed by atoms with Crippen LogP contribution in [0.3, 0.4) is 0 Å². The average Bonchev–Trinajstić information content (AvgIpc) is 3.54. The molecule has 1 aliphatic heterocycles. The number of halogens is 2. The summed E-state index contributed by atoms with van der Waals surface area (Å²) in [5.74, 6) is 1.51. The van der Waals surface area contributed by atoms with Crippen LogP contribution in [0.2, 0.25) is 10.0 Å². The Labute approximate surface area is 304 Å². The van der Waals surface area contributed by atoms with Gasteiger partial charge in [-0.2, -0.15) is 0 Å². The highest BCUT2D eigenvalue weighted by molar-refractivity contribution is 7.33. The first-order valence-corrected chi connectivity index (χ1v) is 17.7. The largest absolute Gasteiger partial charge is 0.750 e. The van der Waals surface area contributed by atoms with Crippen LogP contribution in [0, 0.1) is 6.92 Å². The number of hydrogen-bond acceptors (Lipinski definition) is 9. The van der Waals surface area contributed by atoms with E-state index in [9.17, 15) is 14.2 Å². The molecule has 4 atom stereocenters. The van der Waals surface area contributed by atoms with Crippen LogP contribution in [-0.4, -0.2) is 42.6 Å². The number of nitrogens with zero attached hydrogens (tertiary/aromatic N) is 1. The summed E-state index contributed by atoms with van der Waals surface area (Å²) in [6, 6.07) is 29.2. The number of rotatable bonds is 13. The zero-order chi connectivity index (χ0) is 36.1. The highest BCUT2D eigenvalue weighted by Gasteiger charge is 2.47. The Morgan fingerprint density at radius 3 is 2.02 bits per heavy atom. The number of aromatic amines is 1. The second-order valence-corrected chi connectivity index (χ2v) is 13.3. The Bertz CT molecular complexity index is 2060. The van der Waals surface area contributed by atoms with E-state index >= 15 is 0 Å². The van der Waals surface area contributed by atoms with Gasteiger partial charge in [0.25, 0.3) is 5.56 Å². The van der Waals surface area contributed by atoms with Gasteiger partial charge in [0.1, 0.15) is 35.5 Å². The number of benzene rings is 4. The van der Waals surface area contributed by atoms with Gasteiger partial charge < -0.3 is 18.9 Å². The normalized spacial score (nSPS) is 17.6. The molecule has 264 valence electrons. The Morgan fingerprint density at radius 1 is 0.843 bits per heavy atom.